The standard InChI is InChI=1S/C18H22BrN3O/c1-11-16(20)22-18(21-11)15-9-13(19)4-3-12(15)10-17(18)7-5-14(23-2)6-8-17/h3-4,9,14H,5-8,10H2,1-2H3,(H2,20,22). The van der Waals surface area contributed by atoms with Crippen molar-refractivity contribution < 1.29 is 4.74 Å². The highest BCUT2D eigenvalue weighted by Crippen LogP contribution is 2.61. The number of fused-ring (bicyclic) bond motifs is 3. The number of nitrogens with two attached hydrogens (primary N) is 1. The first-order valence-electron chi connectivity index (χ1n) is 8.23. The van der Waals surface area contributed by atoms with E-state index < -0.39 is 5.66 Å². The molecule has 1 saturated carbocycles. The van der Waals surface area contributed by atoms with Gasteiger partial charge in [-0.15, -0.1) is 0 Å². The molecule has 1 unspecified atom stereocenters. The molecule has 122 valence electrons. The molecular weight excluding hydrogens is 354 g/mol. The molecule has 0 aromatic heterocycles. The number of nitrogens with zero attached hydrogens (tertiary/aromatic N) is 2. The Bertz CT molecular complexity index is 699. The van der Waals surface area contributed by atoms with E-state index in [4.69, 9.17) is 20.5 Å². The van der Waals surface area contributed by atoms with E-state index in [1.165, 1.54) is 11.1 Å². The van der Waals surface area contributed by atoms with Crippen LogP contribution in [0.2, 0.25) is 0 Å². The van der Waals surface area contributed by atoms with Crippen LogP contribution in [0.4, 0.5) is 0 Å². The van der Waals surface area contributed by atoms with Gasteiger partial charge in [0.1, 0.15) is 5.84 Å². The van der Waals surface area contributed by atoms with Crippen LogP contribution in [-0.4, -0.2) is 24.8 Å². The number of aliphatic imine (C=N–C) groups is 2. The number of hydrogen-bond donors (Lipinski definition) is 1. The minimum atomic E-state index is -0.529. The van der Waals surface area contributed by atoms with Crippen molar-refractivity contribution in [2.45, 2.75) is 50.8 Å². The van der Waals surface area contributed by atoms with E-state index in [1.54, 1.807) is 0 Å². The Balaban J connectivity index is 1.86. The molecule has 2 N–H and O–H groups in total. The fourth-order valence-corrected chi connectivity index (χ4v) is 5.00. The molecule has 23 heavy (non-hydrogen) atoms. The quantitative estimate of drug-likeness (QED) is 0.815. The lowest BCUT2D eigenvalue weighted by atomic mass is 9.65. The molecule has 5 heteroatoms. The topological polar surface area (TPSA) is 60.0 Å². The lowest BCUT2D eigenvalue weighted by Gasteiger charge is -2.44. The summed E-state index contributed by atoms with van der Waals surface area (Å²) in [5.41, 5.74) is 9.11. The number of benzene rings is 1. The van der Waals surface area contributed by atoms with Gasteiger partial charge in [0.05, 0.1) is 11.8 Å². The number of amidine groups is 1. The molecule has 1 aromatic carbocycles. The Labute approximate surface area is 145 Å². The number of hydrogen-bond acceptors (Lipinski definition) is 4. The molecule has 0 radical (unpaired) electrons. The van der Waals surface area contributed by atoms with Crippen molar-refractivity contribution in [3.05, 3.63) is 33.8 Å². The summed E-state index contributed by atoms with van der Waals surface area (Å²) in [5, 5.41) is 0. The van der Waals surface area contributed by atoms with Crippen molar-refractivity contribution in [3.63, 3.8) is 0 Å². The maximum Gasteiger partial charge on any atom is 0.184 e. The third kappa shape index (κ3) is 2.06. The van der Waals surface area contributed by atoms with Crippen molar-refractivity contribution in [2.24, 2.45) is 21.1 Å². The first-order chi connectivity index (χ1) is 11.0. The van der Waals surface area contributed by atoms with Gasteiger partial charge < -0.3 is 10.5 Å². The lowest BCUT2D eigenvalue weighted by Crippen LogP contribution is -2.43. The molecule has 1 atom stereocenters. The van der Waals surface area contributed by atoms with Gasteiger partial charge in [0, 0.05) is 22.6 Å². The molecule has 4 rings (SSSR count). The Hall–Kier alpha value is -1.20. The first kappa shape index (κ1) is 15.3. The molecule has 1 fully saturated rings. The first-order valence-corrected chi connectivity index (χ1v) is 9.03. The SMILES string of the molecule is COC1CCC2(CC1)Cc1ccc(Br)cc1C21N=C(C)C(N)=N1. The fourth-order valence-electron chi connectivity index (χ4n) is 4.64. The molecule has 2 spiro atoms. The van der Waals surface area contributed by atoms with Gasteiger partial charge >= 0.3 is 0 Å². The van der Waals surface area contributed by atoms with E-state index in [9.17, 15) is 0 Å². The zero-order valence-corrected chi connectivity index (χ0v) is 15.2. The lowest BCUT2D eigenvalue weighted by molar-refractivity contribution is -0.000382. The van der Waals surface area contributed by atoms with Gasteiger partial charge in [-0.3, -0.25) is 4.99 Å². The molecule has 4 nitrogen and oxygen atoms in total. The van der Waals surface area contributed by atoms with Crippen molar-refractivity contribution >= 4 is 27.5 Å². The predicted octanol–water partition coefficient (Wildman–Crippen LogP) is 3.57. The van der Waals surface area contributed by atoms with Crippen LogP contribution in [0.1, 0.15) is 43.7 Å². The molecule has 1 heterocycles. The van der Waals surface area contributed by atoms with E-state index in [0.29, 0.717) is 11.9 Å². The minimum Gasteiger partial charge on any atom is -0.382 e. The summed E-state index contributed by atoms with van der Waals surface area (Å²) >= 11 is 3.61. The number of rotatable bonds is 1. The summed E-state index contributed by atoms with van der Waals surface area (Å²) in [7, 11) is 1.81. The van der Waals surface area contributed by atoms with E-state index in [2.05, 4.69) is 34.1 Å². The molecule has 0 amide bonds. The third-order valence-corrected chi connectivity index (χ3v) is 6.41. The maximum atomic E-state index is 6.15. The molecule has 1 aromatic rings. The van der Waals surface area contributed by atoms with E-state index in [1.807, 2.05) is 14.0 Å². The van der Waals surface area contributed by atoms with Crippen molar-refractivity contribution in [2.75, 3.05) is 7.11 Å². The zero-order valence-electron chi connectivity index (χ0n) is 13.6. The minimum absolute atomic E-state index is 0.0353. The predicted molar refractivity (Wildman–Crippen MR) is 96.0 cm³/mol. The van der Waals surface area contributed by atoms with Gasteiger partial charge in [-0.25, -0.2) is 4.99 Å². The monoisotopic (exact) mass is 375 g/mol. The van der Waals surface area contributed by atoms with Crippen LogP contribution in [-0.2, 0) is 16.8 Å². The van der Waals surface area contributed by atoms with Gasteiger partial charge in [0.15, 0.2) is 5.66 Å². The number of halogens is 1. The van der Waals surface area contributed by atoms with E-state index >= 15 is 0 Å². The van der Waals surface area contributed by atoms with Crippen molar-refractivity contribution in [1.82, 2.24) is 0 Å². The molecule has 1 aliphatic heterocycles. The highest BCUT2D eigenvalue weighted by atomic mass is 79.9. The second-order valence-electron chi connectivity index (χ2n) is 7.06. The summed E-state index contributed by atoms with van der Waals surface area (Å²) in [4.78, 5) is 9.98. The number of ether oxygens (including phenoxy) is 1. The van der Waals surface area contributed by atoms with E-state index in [-0.39, 0.29) is 5.41 Å². The highest BCUT2D eigenvalue weighted by Gasteiger charge is 2.60. The van der Waals surface area contributed by atoms with Crippen LogP contribution >= 0.6 is 15.9 Å². The Morgan fingerprint density at radius 3 is 2.61 bits per heavy atom. The van der Waals surface area contributed by atoms with Crippen LogP contribution in [0.5, 0.6) is 0 Å². The van der Waals surface area contributed by atoms with E-state index in [0.717, 1.165) is 42.3 Å². The zero-order chi connectivity index (χ0) is 16.2. The fraction of sp³-hybridized carbons (Fsp3) is 0.556. The Morgan fingerprint density at radius 1 is 1.26 bits per heavy atom. The summed E-state index contributed by atoms with van der Waals surface area (Å²) < 4.78 is 6.66. The maximum absolute atomic E-state index is 6.15. The van der Waals surface area contributed by atoms with Crippen LogP contribution < -0.4 is 5.73 Å². The molecule has 2 aliphatic carbocycles. The smallest absolute Gasteiger partial charge is 0.184 e. The normalized spacial score (nSPS) is 35.5. The van der Waals surface area contributed by atoms with Gasteiger partial charge in [0.2, 0.25) is 0 Å². The average Bonchev–Trinajstić information content (AvgIpc) is 2.97. The van der Waals surface area contributed by atoms with Crippen molar-refractivity contribution in [3.8, 4) is 0 Å². The van der Waals surface area contributed by atoms with Gasteiger partial charge in [-0.05, 0) is 56.7 Å². The van der Waals surface area contributed by atoms with Crippen molar-refractivity contribution in [1.29, 1.82) is 0 Å². The average molecular weight is 376 g/mol. The van der Waals surface area contributed by atoms with Gasteiger partial charge in [-0.1, -0.05) is 22.0 Å². The molecule has 0 bridgehead atoms. The van der Waals surface area contributed by atoms with Crippen LogP contribution in [0, 0.1) is 5.41 Å². The molecule has 3 aliphatic rings. The summed E-state index contributed by atoms with van der Waals surface area (Å²) in [6, 6.07) is 6.52. The Morgan fingerprint density at radius 2 is 2.00 bits per heavy atom. The van der Waals surface area contributed by atoms with Gasteiger partial charge in [0.25, 0.3) is 0 Å². The van der Waals surface area contributed by atoms with Crippen LogP contribution in [0.25, 0.3) is 0 Å². The largest absolute Gasteiger partial charge is 0.382 e. The second-order valence-corrected chi connectivity index (χ2v) is 7.98. The second kappa shape index (κ2) is 5.15. The number of methoxy groups -OCH3 is 1. The summed E-state index contributed by atoms with van der Waals surface area (Å²) in [6.45, 7) is 1.97. The summed E-state index contributed by atoms with van der Waals surface area (Å²) in [5.74, 6) is 0.589. The summed E-state index contributed by atoms with van der Waals surface area (Å²) in [6.07, 6.45) is 5.67. The van der Waals surface area contributed by atoms with Gasteiger partial charge in [-0.2, -0.15) is 0 Å². The Kier molecular flexibility index (Phi) is 3.43. The molecular formula is C18H22BrN3O. The van der Waals surface area contributed by atoms with Crippen LogP contribution in [0.3, 0.4) is 0 Å². The highest BCUT2D eigenvalue weighted by molar-refractivity contribution is 9.10. The van der Waals surface area contributed by atoms with Crippen LogP contribution in [0.15, 0.2) is 32.7 Å². The third-order valence-electron chi connectivity index (χ3n) is 5.92. The molecule has 0 saturated heterocycles.